The van der Waals surface area contributed by atoms with Crippen molar-refractivity contribution in [3.8, 4) is 0 Å². The van der Waals surface area contributed by atoms with Gasteiger partial charge in [-0.3, -0.25) is 0 Å². The Bertz CT molecular complexity index is 226. The monoisotopic (exact) mass is 209 g/mol. The molecule has 0 bridgehead atoms. The summed E-state index contributed by atoms with van der Waals surface area (Å²) in [5.41, 5.74) is 0. The fourth-order valence-corrected chi connectivity index (χ4v) is 2.27. The standard InChI is InChI=1S/C8H19NO3S/c1-7(4-5-10)9-8(2)6-13(3,11)12/h7-10H,4-6H2,1-3H3. The highest BCUT2D eigenvalue weighted by molar-refractivity contribution is 7.90. The first kappa shape index (κ1) is 12.9. The molecule has 0 spiro atoms. The van der Waals surface area contributed by atoms with Gasteiger partial charge in [0.1, 0.15) is 9.84 Å². The van der Waals surface area contributed by atoms with Gasteiger partial charge in [-0.05, 0) is 20.3 Å². The fraction of sp³-hybridized carbons (Fsp3) is 1.00. The van der Waals surface area contributed by atoms with E-state index >= 15 is 0 Å². The van der Waals surface area contributed by atoms with E-state index in [9.17, 15) is 8.42 Å². The molecular weight excluding hydrogens is 190 g/mol. The largest absolute Gasteiger partial charge is 0.396 e. The van der Waals surface area contributed by atoms with Crippen molar-refractivity contribution < 1.29 is 13.5 Å². The van der Waals surface area contributed by atoms with E-state index in [1.54, 1.807) is 0 Å². The van der Waals surface area contributed by atoms with Gasteiger partial charge in [0, 0.05) is 24.9 Å². The quantitative estimate of drug-likeness (QED) is 0.635. The van der Waals surface area contributed by atoms with Crippen LogP contribution in [0.4, 0.5) is 0 Å². The average molecular weight is 209 g/mol. The fourth-order valence-electron chi connectivity index (χ4n) is 1.26. The lowest BCUT2D eigenvalue weighted by Crippen LogP contribution is -2.39. The van der Waals surface area contributed by atoms with E-state index < -0.39 is 9.84 Å². The first-order valence-corrected chi connectivity index (χ1v) is 6.46. The molecule has 0 aliphatic carbocycles. The molecule has 0 saturated heterocycles. The molecule has 4 nitrogen and oxygen atoms in total. The molecule has 0 radical (unpaired) electrons. The first-order chi connectivity index (χ1) is 5.85. The molecular formula is C8H19NO3S. The lowest BCUT2D eigenvalue weighted by atomic mass is 10.2. The van der Waals surface area contributed by atoms with Gasteiger partial charge in [-0.1, -0.05) is 0 Å². The second-order valence-corrected chi connectivity index (χ2v) is 5.76. The number of hydrogen-bond acceptors (Lipinski definition) is 4. The van der Waals surface area contributed by atoms with Gasteiger partial charge >= 0.3 is 0 Å². The van der Waals surface area contributed by atoms with Crippen LogP contribution in [0.3, 0.4) is 0 Å². The normalized spacial score (nSPS) is 16.9. The number of nitrogens with one attached hydrogen (secondary N) is 1. The molecule has 0 aromatic heterocycles. The van der Waals surface area contributed by atoms with Crippen molar-refractivity contribution in [3.05, 3.63) is 0 Å². The van der Waals surface area contributed by atoms with Crippen molar-refractivity contribution in [1.29, 1.82) is 0 Å². The van der Waals surface area contributed by atoms with Crippen LogP contribution in [-0.2, 0) is 9.84 Å². The third-order valence-corrected chi connectivity index (χ3v) is 2.79. The van der Waals surface area contributed by atoms with Crippen molar-refractivity contribution >= 4 is 9.84 Å². The Morgan fingerprint density at radius 3 is 2.23 bits per heavy atom. The van der Waals surface area contributed by atoms with E-state index in [4.69, 9.17) is 5.11 Å². The van der Waals surface area contributed by atoms with Gasteiger partial charge in [0.15, 0.2) is 0 Å². The third-order valence-electron chi connectivity index (χ3n) is 1.68. The molecule has 0 fully saturated rings. The predicted octanol–water partition coefficient (Wildman–Crippen LogP) is -0.220. The minimum Gasteiger partial charge on any atom is -0.396 e. The Kier molecular flexibility index (Phi) is 5.51. The third kappa shape index (κ3) is 8.21. The van der Waals surface area contributed by atoms with E-state index in [2.05, 4.69) is 5.32 Å². The maximum absolute atomic E-state index is 10.9. The van der Waals surface area contributed by atoms with E-state index in [1.807, 2.05) is 13.8 Å². The molecule has 0 amide bonds. The Hall–Kier alpha value is -0.130. The van der Waals surface area contributed by atoms with Gasteiger partial charge in [-0.25, -0.2) is 8.42 Å². The smallest absolute Gasteiger partial charge is 0.148 e. The molecule has 0 aromatic carbocycles. The molecule has 2 unspecified atom stereocenters. The average Bonchev–Trinajstić information content (AvgIpc) is 1.81. The summed E-state index contributed by atoms with van der Waals surface area (Å²) >= 11 is 0. The van der Waals surface area contributed by atoms with E-state index in [0.717, 1.165) is 0 Å². The maximum Gasteiger partial charge on any atom is 0.148 e. The predicted molar refractivity (Wildman–Crippen MR) is 53.5 cm³/mol. The molecule has 2 atom stereocenters. The van der Waals surface area contributed by atoms with Crippen LogP contribution in [0, 0.1) is 0 Å². The van der Waals surface area contributed by atoms with Crippen LogP contribution >= 0.6 is 0 Å². The lowest BCUT2D eigenvalue weighted by Gasteiger charge is -2.18. The summed E-state index contributed by atoms with van der Waals surface area (Å²) in [4.78, 5) is 0. The maximum atomic E-state index is 10.9. The summed E-state index contributed by atoms with van der Waals surface area (Å²) in [7, 11) is -2.91. The Balaban J connectivity index is 3.80. The molecule has 5 heteroatoms. The number of rotatable bonds is 6. The van der Waals surface area contributed by atoms with Crippen LogP contribution < -0.4 is 5.32 Å². The van der Waals surface area contributed by atoms with Gasteiger partial charge in [-0.2, -0.15) is 0 Å². The van der Waals surface area contributed by atoms with Crippen LogP contribution in [0.25, 0.3) is 0 Å². The summed E-state index contributed by atoms with van der Waals surface area (Å²) in [6.07, 6.45) is 1.87. The lowest BCUT2D eigenvalue weighted by molar-refractivity contribution is 0.265. The molecule has 80 valence electrons. The van der Waals surface area contributed by atoms with Gasteiger partial charge in [-0.15, -0.1) is 0 Å². The van der Waals surface area contributed by atoms with Gasteiger partial charge in [0.2, 0.25) is 0 Å². The molecule has 0 aliphatic rings. The molecule has 13 heavy (non-hydrogen) atoms. The van der Waals surface area contributed by atoms with Crippen molar-refractivity contribution in [1.82, 2.24) is 5.32 Å². The molecule has 0 heterocycles. The summed E-state index contributed by atoms with van der Waals surface area (Å²) in [6.45, 7) is 3.88. The Labute approximate surface area is 80.3 Å². The topological polar surface area (TPSA) is 66.4 Å². The van der Waals surface area contributed by atoms with Gasteiger partial charge < -0.3 is 10.4 Å². The zero-order valence-corrected chi connectivity index (χ0v) is 9.26. The first-order valence-electron chi connectivity index (χ1n) is 4.40. The minimum absolute atomic E-state index is 0.0588. The number of aliphatic hydroxyl groups is 1. The molecule has 2 N–H and O–H groups in total. The van der Waals surface area contributed by atoms with Crippen LogP contribution in [0.2, 0.25) is 0 Å². The highest BCUT2D eigenvalue weighted by atomic mass is 32.2. The van der Waals surface area contributed by atoms with Crippen molar-refractivity contribution in [3.63, 3.8) is 0 Å². The second kappa shape index (κ2) is 5.57. The Morgan fingerprint density at radius 1 is 1.31 bits per heavy atom. The van der Waals surface area contributed by atoms with E-state index in [0.29, 0.717) is 6.42 Å². The summed E-state index contributed by atoms with van der Waals surface area (Å²) in [5.74, 6) is 0.142. The van der Waals surface area contributed by atoms with Crippen molar-refractivity contribution in [2.75, 3.05) is 18.6 Å². The van der Waals surface area contributed by atoms with Gasteiger partial charge in [0.05, 0.1) is 5.75 Å². The van der Waals surface area contributed by atoms with Crippen LogP contribution in [0.1, 0.15) is 20.3 Å². The molecule has 0 aromatic rings. The number of sulfone groups is 1. The van der Waals surface area contributed by atoms with Crippen LogP contribution in [-0.4, -0.2) is 44.2 Å². The second-order valence-electron chi connectivity index (χ2n) is 3.57. The van der Waals surface area contributed by atoms with Gasteiger partial charge in [0.25, 0.3) is 0 Å². The SMILES string of the molecule is CC(CCO)NC(C)CS(C)(=O)=O. The van der Waals surface area contributed by atoms with Crippen LogP contribution in [0.5, 0.6) is 0 Å². The summed E-state index contributed by atoms with van der Waals surface area (Å²) < 4.78 is 21.8. The number of aliphatic hydroxyl groups excluding tert-OH is 1. The zero-order chi connectivity index (χ0) is 10.5. The molecule has 0 rings (SSSR count). The van der Waals surface area contributed by atoms with E-state index in [1.165, 1.54) is 6.26 Å². The Morgan fingerprint density at radius 2 is 1.85 bits per heavy atom. The summed E-state index contributed by atoms with van der Waals surface area (Å²) in [5, 5.41) is 11.7. The van der Waals surface area contributed by atoms with E-state index in [-0.39, 0.29) is 24.4 Å². The van der Waals surface area contributed by atoms with Crippen molar-refractivity contribution in [2.24, 2.45) is 0 Å². The van der Waals surface area contributed by atoms with Crippen molar-refractivity contribution in [2.45, 2.75) is 32.4 Å². The zero-order valence-electron chi connectivity index (χ0n) is 8.45. The number of hydrogen-bond donors (Lipinski definition) is 2. The summed E-state index contributed by atoms with van der Waals surface area (Å²) in [6, 6.07) is 0.0956. The molecule has 0 saturated carbocycles. The molecule has 0 aliphatic heterocycles. The highest BCUT2D eigenvalue weighted by Crippen LogP contribution is 1.95. The van der Waals surface area contributed by atoms with Crippen LogP contribution in [0.15, 0.2) is 0 Å². The highest BCUT2D eigenvalue weighted by Gasteiger charge is 2.12. The minimum atomic E-state index is -2.91.